The van der Waals surface area contributed by atoms with Gasteiger partial charge in [-0.2, -0.15) is 0 Å². The molecule has 3 rings (SSSR count). The lowest BCUT2D eigenvalue weighted by molar-refractivity contribution is 0.211. The summed E-state index contributed by atoms with van der Waals surface area (Å²) in [6, 6.07) is 8.26. The molecular formula is C15H21N5. The van der Waals surface area contributed by atoms with E-state index in [2.05, 4.69) is 21.9 Å². The van der Waals surface area contributed by atoms with Crippen LogP contribution < -0.4 is 11.5 Å². The van der Waals surface area contributed by atoms with Crippen LogP contribution in [0.15, 0.2) is 24.3 Å². The molecule has 2 aromatic rings. The SMILES string of the molecule is CN(Cc1nc(N)c2ccccc2n1)C(CN)C1CC1. The van der Waals surface area contributed by atoms with E-state index < -0.39 is 0 Å². The molecule has 1 aromatic heterocycles. The van der Waals surface area contributed by atoms with Gasteiger partial charge < -0.3 is 11.5 Å². The Morgan fingerprint density at radius 3 is 2.75 bits per heavy atom. The molecule has 1 heterocycles. The van der Waals surface area contributed by atoms with E-state index in [1.807, 2.05) is 24.3 Å². The molecular weight excluding hydrogens is 250 g/mol. The third kappa shape index (κ3) is 2.59. The second-order valence-corrected chi connectivity index (χ2v) is 5.60. The topological polar surface area (TPSA) is 81.1 Å². The molecule has 1 fully saturated rings. The molecule has 1 aliphatic carbocycles. The van der Waals surface area contributed by atoms with Crippen LogP contribution in [-0.2, 0) is 6.54 Å². The number of anilines is 1. The van der Waals surface area contributed by atoms with Crippen molar-refractivity contribution in [3.8, 4) is 0 Å². The van der Waals surface area contributed by atoms with E-state index in [1.165, 1.54) is 12.8 Å². The fourth-order valence-electron chi connectivity index (χ4n) is 2.78. The maximum Gasteiger partial charge on any atom is 0.145 e. The monoisotopic (exact) mass is 271 g/mol. The molecule has 0 radical (unpaired) electrons. The number of fused-ring (bicyclic) bond motifs is 1. The molecule has 0 saturated heterocycles. The number of hydrogen-bond donors (Lipinski definition) is 2. The molecule has 0 amide bonds. The zero-order valence-corrected chi connectivity index (χ0v) is 11.8. The van der Waals surface area contributed by atoms with Gasteiger partial charge in [-0.05, 0) is 37.9 Å². The van der Waals surface area contributed by atoms with Gasteiger partial charge in [0.1, 0.15) is 11.6 Å². The van der Waals surface area contributed by atoms with E-state index in [0.717, 1.165) is 22.6 Å². The highest BCUT2D eigenvalue weighted by Crippen LogP contribution is 2.34. The van der Waals surface area contributed by atoms with E-state index in [1.54, 1.807) is 0 Å². The summed E-state index contributed by atoms with van der Waals surface area (Å²) in [7, 11) is 2.09. The molecule has 4 N–H and O–H groups in total. The van der Waals surface area contributed by atoms with Crippen LogP contribution in [0.2, 0.25) is 0 Å². The van der Waals surface area contributed by atoms with Gasteiger partial charge in [0, 0.05) is 18.0 Å². The number of nitrogen functional groups attached to an aromatic ring is 1. The Kier molecular flexibility index (Phi) is 3.54. The molecule has 1 aromatic carbocycles. The average molecular weight is 271 g/mol. The normalized spacial score (nSPS) is 16.8. The van der Waals surface area contributed by atoms with Gasteiger partial charge in [0.25, 0.3) is 0 Å². The third-order valence-corrected chi connectivity index (χ3v) is 4.04. The Balaban J connectivity index is 1.83. The first-order chi connectivity index (χ1) is 9.69. The Morgan fingerprint density at radius 2 is 2.05 bits per heavy atom. The molecule has 106 valence electrons. The minimum absolute atomic E-state index is 0.422. The van der Waals surface area contributed by atoms with Gasteiger partial charge >= 0.3 is 0 Å². The van der Waals surface area contributed by atoms with Crippen molar-refractivity contribution in [3.05, 3.63) is 30.1 Å². The van der Waals surface area contributed by atoms with Crippen LogP contribution in [0.3, 0.4) is 0 Å². The van der Waals surface area contributed by atoms with Gasteiger partial charge in [0.05, 0.1) is 12.1 Å². The Morgan fingerprint density at radius 1 is 1.30 bits per heavy atom. The molecule has 0 bridgehead atoms. The van der Waals surface area contributed by atoms with Crippen LogP contribution in [0, 0.1) is 5.92 Å². The minimum atomic E-state index is 0.422. The number of aromatic nitrogens is 2. The van der Waals surface area contributed by atoms with Crippen LogP contribution >= 0.6 is 0 Å². The van der Waals surface area contributed by atoms with Gasteiger partial charge in [0.2, 0.25) is 0 Å². The summed E-state index contributed by atoms with van der Waals surface area (Å²) in [5, 5.41) is 0.913. The van der Waals surface area contributed by atoms with Crippen molar-refractivity contribution < 1.29 is 0 Å². The van der Waals surface area contributed by atoms with Crippen LogP contribution in [0.1, 0.15) is 18.7 Å². The van der Waals surface area contributed by atoms with Gasteiger partial charge in [-0.15, -0.1) is 0 Å². The highest BCUT2D eigenvalue weighted by molar-refractivity contribution is 5.87. The summed E-state index contributed by atoms with van der Waals surface area (Å²) in [4.78, 5) is 11.3. The molecule has 5 heteroatoms. The molecule has 1 unspecified atom stereocenters. The van der Waals surface area contributed by atoms with Crippen molar-refractivity contribution in [2.24, 2.45) is 11.7 Å². The summed E-state index contributed by atoms with van der Waals surface area (Å²) in [5.41, 5.74) is 12.8. The number of rotatable bonds is 5. The number of likely N-dealkylation sites (N-methyl/N-ethyl adjacent to an activating group) is 1. The Labute approximate surface area is 119 Å². The molecule has 20 heavy (non-hydrogen) atoms. The van der Waals surface area contributed by atoms with E-state index in [9.17, 15) is 0 Å². The summed E-state index contributed by atoms with van der Waals surface area (Å²) < 4.78 is 0. The predicted molar refractivity (Wildman–Crippen MR) is 81.0 cm³/mol. The van der Waals surface area contributed by atoms with E-state index in [-0.39, 0.29) is 0 Å². The molecule has 1 saturated carbocycles. The van der Waals surface area contributed by atoms with Crippen LogP contribution in [-0.4, -0.2) is 34.5 Å². The second-order valence-electron chi connectivity index (χ2n) is 5.60. The number of para-hydroxylation sites is 1. The predicted octanol–water partition coefficient (Wildman–Crippen LogP) is 1.38. The van der Waals surface area contributed by atoms with Crippen molar-refractivity contribution in [2.75, 3.05) is 19.3 Å². The fourth-order valence-corrected chi connectivity index (χ4v) is 2.78. The largest absolute Gasteiger partial charge is 0.383 e. The van der Waals surface area contributed by atoms with Gasteiger partial charge in [-0.1, -0.05) is 12.1 Å². The minimum Gasteiger partial charge on any atom is -0.383 e. The van der Waals surface area contributed by atoms with Crippen molar-refractivity contribution in [1.29, 1.82) is 0 Å². The number of nitrogens with zero attached hydrogens (tertiary/aromatic N) is 3. The van der Waals surface area contributed by atoms with Crippen molar-refractivity contribution in [2.45, 2.75) is 25.4 Å². The van der Waals surface area contributed by atoms with Crippen molar-refractivity contribution in [3.63, 3.8) is 0 Å². The summed E-state index contributed by atoms with van der Waals surface area (Å²) >= 11 is 0. The van der Waals surface area contributed by atoms with Crippen LogP contribution in [0.4, 0.5) is 5.82 Å². The highest BCUT2D eigenvalue weighted by Gasteiger charge is 2.33. The lowest BCUT2D eigenvalue weighted by Gasteiger charge is -2.26. The summed E-state index contributed by atoms with van der Waals surface area (Å²) in [5.74, 6) is 2.06. The van der Waals surface area contributed by atoms with Gasteiger partial charge in [-0.25, -0.2) is 9.97 Å². The van der Waals surface area contributed by atoms with Crippen molar-refractivity contribution in [1.82, 2.24) is 14.9 Å². The van der Waals surface area contributed by atoms with E-state index >= 15 is 0 Å². The lowest BCUT2D eigenvalue weighted by atomic mass is 10.1. The highest BCUT2D eigenvalue weighted by atomic mass is 15.2. The van der Waals surface area contributed by atoms with E-state index in [0.29, 0.717) is 24.9 Å². The second kappa shape index (κ2) is 5.34. The molecule has 1 aliphatic rings. The maximum atomic E-state index is 6.02. The molecule has 0 spiro atoms. The molecule has 0 aliphatic heterocycles. The first kappa shape index (κ1) is 13.3. The van der Waals surface area contributed by atoms with E-state index in [4.69, 9.17) is 11.5 Å². The zero-order valence-electron chi connectivity index (χ0n) is 11.8. The number of nitrogens with two attached hydrogens (primary N) is 2. The lowest BCUT2D eigenvalue weighted by Crippen LogP contribution is -2.39. The first-order valence-corrected chi connectivity index (χ1v) is 7.10. The number of hydrogen-bond acceptors (Lipinski definition) is 5. The Bertz CT molecular complexity index is 608. The summed E-state index contributed by atoms with van der Waals surface area (Å²) in [6.45, 7) is 1.37. The quantitative estimate of drug-likeness (QED) is 0.858. The fraction of sp³-hybridized carbons (Fsp3) is 0.467. The maximum absolute atomic E-state index is 6.02. The average Bonchev–Trinajstić information content (AvgIpc) is 3.24. The smallest absolute Gasteiger partial charge is 0.145 e. The Hall–Kier alpha value is -1.72. The zero-order chi connectivity index (χ0) is 14.1. The number of benzene rings is 1. The standard InChI is InChI=1S/C15H21N5/c1-20(13(8-16)10-6-7-10)9-14-18-12-5-3-2-4-11(12)15(17)19-14/h2-5,10,13H,6-9,16H2,1H3,(H2,17,18,19). The third-order valence-electron chi connectivity index (χ3n) is 4.04. The van der Waals surface area contributed by atoms with Crippen molar-refractivity contribution >= 4 is 16.7 Å². The first-order valence-electron chi connectivity index (χ1n) is 7.10. The molecule has 5 nitrogen and oxygen atoms in total. The molecule has 1 atom stereocenters. The van der Waals surface area contributed by atoms with Gasteiger partial charge in [0.15, 0.2) is 0 Å². The summed E-state index contributed by atoms with van der Waals surface area (Å²) in [6.07, 6.45) is 2.57. The van der Waals surface area contributed by atoms with Gasteiger partial charge in [-0.3, -0.25) is 4.90 Å². The van der Waals surface area contributed by atoms with Crippen LogP contribution in [0.25, 0.3) is 10.9 Å². The van der Waals surface area contributed by atoms with Crippen LogP contribution in [0.5, 0.6) is 0 Å².